The van der Waals surface area contributed by atoms with Gasteiger partial charge >= 0.3 is 0 Å². The Balaban J connectivity index is 1.30. The molecule has 8 heteroatoms. The van der Waals surface area contributed by atoms with Crippen molar-refractivity contribution in [1.29, 1.82) is 0 Å². The maximum Gasteiger partial charge on any atom is 0.253 e. The van der Waals surface area contributed by atoms with E-state index >= 15 is 4.39 Å². The molecule has 0 aliphatic carbocycles. The smallest absolute Gasteiger partial charge is 0.253 e. The fraction of sp³-hybridized carbons (Fsp3) is 0.240. The molecule has 0 aromatic heterocycles. The number of rotatable bonds is 19. The van der Waals surface area contributed by atoms with Crippen molar-refractivity contribution < 1.29 is 32.5 Å². The molecule has 0 spiro atoms. The minimum absolute atomic E-state index is 0.138. The zero-order valence-corrected chi connectivity index (χ0v) is 33.9. The van der Waals surface area contributed by atoms with Crippen LogP contribution in [0.5, 0.6) is 0 Å². The lowest BCUT2D eigenvalue weighted by Crippen LogP contribution is -2.67. The monoisotopic (exact) mass is 794 g/mol. The van der Waals surface area contributed by atoms with Gasteiger partial charge in [0, 0.05) is 0 Å². The summed E-state index contributed by atoms with van der Waals surface area (Å²) in [5.41, 5.74) is 3.93. The summed E-state index contributed by atoms with van der Waals surface area (Å²) in [6.45, 7) is 7.23. The number of benzene rings is 6. The zero-order valence-electron chi connectivity index (χ0n) is 32.9. The predicted molar refractivity (Wildman–Crippen MR) is 229 cm³/mol. The first-order valence-corrected chi connectivity index (χ1v) is 22.3. The molecule has 298 valence electrons. The molecule has 1 heterocycles. The van der Waals surface area contributed by atoms with E-state index in [4.69, 9.17) is 28.1 Å². The molecule has 1 fully saturated rings. The first-order valence-electron chi connectivity index (χ1n) is 19.8. The van der Waals surface area contributed by atoms with E-state index < -0.39 is 50.8 Å². The highest BCUT2D eigenvalue weighted by Crippen LogP contribution is 2.36. The highest BCUT2D eigenvalue weighted by atomic mass is 28.4. The van der Waals surface area contributed by atoms with Crippen LogP contribution >= 0.6 is 0 Å². The summed E-state index contributed by atoms with van der Waals surface area (Å²) >= 11 is 0. The van der Waals surface area contributed by atoms with Gasteiger partial charge in [0.1, 0.15) is 42.5 Å². The van der Waals surface area contributed by atoms with Gasteiger partial charge in [-0.2, -0.15) is 0 Å². The van der Waals surface area contributed by atoms with Crippen LogP contribution in [0.2, 0.25) is 6.55 Å². The highest BCUT2D eigenvalue weighted by molar-refractivity contribution is 6.96. The van der Waals surface area contributed by atoms with Gasteiger partial charge in [0.15, 0.2) is 0 Å². The number of ether oxygens (including phenoxy) is 5. The second kappa shape index (κ2) is 20.6. The summed E-state index contributed by atoms with van der Waals surface area (Å²) in [5.74, 6) is -0.668. The Morgan fingerprint density at radius 2 is 0.897 bits per heavy atom. The summed E-state index contributed by atoms with van der Waals surface area (Å²) < 4.78 is 57.9. The number of hydrogen-bond donors (Lipinski definition) is 0. The van der Waals surface area contributed by atoms with Gasteiger partial charge in [-0.3, -0.25) is 0 Å². The van der Waals surface area contributed by atoms with Crippen LogP contribution in [-0.2, 0) is 54.5 Å². The van der Waals surface area contributed by atoms with Gasteiger partial charge in [-0.25, -0.2) is 4.39 Å². The average Bonchev–Trinajstić information content (AvgIpc) is 3.28. The fourth-order valence-electron chi connectivity index (χ4n) is 7.45. The summed E-state index contributed by atoms with van der Waals surface area (Å²) in [6, 6.07) is 59.9. The molecule has 0 saturated carbocycles. The quantitative estimate of drug-likeness (QED) is 0.0764. The second-order valence-corrected chi connectivity index (χ2v) is 18.1. The largest absolute Gasteiger partial charge is 0.396 e. The van der Waals surface area contributed by atoms with Crippen molar-refractivity contribution in [2.45, 2.75) is 69.6 Å². The first kappa shape index (κ1) is 41.1. The van der Waals surface area contributed by atoms with Crippen LogP contribution in [0, 0.1) is 0 Å². The lowest BCUT2D eigenvalue weighted by molar-refractivity contribution is -0.283. The first-order chi connectivity index (χ1) is 28.5. The van der Waals surface area contributed by atoms with Crippen molar-refractivity contribution in [3.05, 3.63) is 217 Å². The molecule has 0 amide bonds. The summed E-state index contributed by atoms with van der Waals surface area (Å²) in [6.07, 6.45) is -5.25. The van der Waals surface area contributed by atoms with Crippen LogP contribution < -0.4 is 10.4 Å². The molecule has 6 atom stereocenters. The van der Waals surface area contributed by atoms with Crippen molar-refractivity contribution in [2.24, 2.45) is 0 Å². The van der Waals surface area contributed by atoms with Gasteiger partial charge in [0.05, 0.1) is 33.0 Å². The molecule has 6 aromatic carbocycles. The molecular formula is C50H51FO6Si. The molecule has 1 aliphatic rings. The Labute approximate surface area is 342 Å². The molecule has 0 radical (unpaired) electrons. The third-order valence-corrected chi connectivity index (χ3v) is 14.1. The van der Waals surface area contributed by atoms with E-state index in [2.05, 4.69) is 13.1 Å². The van der Waals surface area contributed by atoms with E-state index in [-0.39, 0.29) is 26.4 Å². The lowest BCUT2D eigenvalue weighted by Gasteiger charge is -2.49. The van der Waals surface area contributed by atoms with E-state index in [1.54, 1.807) is 0 Å². The van der Waals surface area contributed by atoms with Crippen LogP contribution in [0.3, 0.4) is 0 Å². The standard InChI is InChI=1S/C50H51FO6Si/c1-38(51)46(57-58(2,43-29-17-7-18-30-43)44-31-19-8-20-32-44)50-49(55-36-42-27-15-6-16-28-42)48(54-35-41-25-13-5-14-26-41)47(53-34-40-23-11-4-12-24-40)45(56-50)37-52-33-39-21-9-3-10-22-39/h3-32,45-50H,1,33-37H2,2H3/t45-,46-,47-,48+,49-,50-/m1/s1. The maximum atomic E-state index is 16.6. The third kappa shape index (κ3) is 10.7. The van der Waals surface area contributed by atoms with Crippen molar-refractivity contribution >= 4 is 18.7 Å². The topological polar surface area (TPSA) is 55.4 Å². The normalized spacial score (nSPS) is 20.0. The molecular weight excluding hydrogens is 744 g/mol. The van der Waals surface area contributed by atoms with E-state index in [1.165, 1.54) is 0 Å². The van der Waals surface area contributed by atoms with Gasteiger partial charge in [-0.05, 0) is 39.2 Å². The minimum Gasteiger partial charge on any atom is -0.396 e. The van der Waals surface area contributed by atoms with Crippen LogP contribution in [0.25, 0.3) is 0 Å². The van der Waals surface area contributed by atoms with Gasteiger partial charge in [0.2, 0.25) is 0 Å². The molecule has 1 saturated heterocycles. The van der Waals surface area contributed by atoms with E-state index in [0.29, 0.717) is 6.61 Å². The van der Waals surface area contributed by atoms with Crippen molar-refractivity contribution in [3.8, 4) is 0 Å². The maximum absolute atomic E-state index is 16.6. The van der Waals surface area contributed by atoms with E-state index in [1.807, 2.05) is 182 Å². The minimum atomic E-state index is -3.13. The van der Waals surface area contributed by atoms with Crippen molar-refractivity contribution in [3.63, 3.8) is 0 Å². The Morgan fingerprint density at radius 3 is 1.31 bits per heavy atom. The van der Waals surface area contributed by atoms with Crippen LogP contribution in [-0.4, -0.2) is 51.5 Å². The molecule has 0 unspecified atom stereocenters. The Bertz CT molecular complexity index is 2050. The molecule has 6 aromatic rings. The Morgan fingerprint density at radius 1 is 0.534 bits per heavy atom. The third-order valence-electron chi connectivity index (χ3n) is 10.5. The summed E-state index contributed by atoms with van der Waals surface area (Å²) in [4.78, 5) is 0. The van der Waals surface area contributed by atoms with Gasteiger partial charge < -0.3 is 28.1 Å². The second-order valence-electron chi connectivity index (χ2n) is 14.7. The lowest BCUT2D eigenvalue weighted by atomic mass is 9.91. The molecule has 0 bridgehead atoms. The SMILES string of the molecule is C=C(F)[C@@H](O[Si](C)(c1ccccc1)c1ccccc1)[C@H]1O[C@H](COCc2ccccc2)[C@@H](OCc2ccccc2)[C@H](OCc2ccccc2)[C@H]1OCc1ccccc1. The zero-order chi connectivity index (χ0) is 40.0. The molecule has 6 nitrogen and oxygen atoms in total. The molecule has 58 heavy (non-hydrogen) atoms. The predicted octanol–water partition coefficient (Wildman–Crippen LogP) is 8.98. The summed E-state index contributed by atoms with van der Waals surface area (Å²) in [7, 11) is -3.13. The number of halogens is 1. The van der Waals surface area contributed by atoms with Gasteiger partial charge in [-0.1, -0.05) is 189 Å². The summed E-state index contributed by atoms with van der Waals surface area (Å²) in [5, 5.41) is 1.96. The van der Waals surface area contributed by atoms with Gasteiger partial charge in [0.25, 0.3) is 8.32 Å². The van der Waals surface area contributed by atoms with Crippen LogP contribution in [0.15, 0.2) is 194 Å². The highest BCUT2D eigenvalue weighted by Gasteiger charge is 2.53. The molecule has 1 aliphatic heterocycles. The molecule has 7 rings (SSSR count). The van der Waals surface area contributed by atoms with Crippen LogP contribution in [0.1, 0.15) is 22.3 Å². The van der Waals surface area contributed by atoms with E-state index in [9.17, 15) is 0 Å². The molecule has 0 N–H and O–H groups in total. The van der Waals surface area contributed by atoms with Crippen molar-refractivity contribution in [1.82, 2.24) is 0 Å². The van der Waals surface area contributed by atoms with Crippen LogP contribution in [0.4, 0.5) is 4.39 Å². The van der Waals surface area contributed by atoms with E-state index in [0.717, 1.165) is 32.6 Å². The van der Waals surface area contributed by atoms with Gasteiger partial charge in [-0.15, -0.1) is 0 Å². The fourth-order valence-corrected chi connectivity index (χ4v) is 10.5. The number of hydrogen-bond acceptors (Lipinski definition) is 6. The Kier molecular flexibility index (Phi) is 14.6. The average molecular weight is 795 g/mol. The van der Waals surface area contributed by atoms with Crippen molar-refractivity contribution in [2.75, 3.05) is 6.61 Å². The Hall–Kier alpha value is -5.03.